The predicted molar refractivity (Wildman–Crippen MR) is 116 cm³/mol. The summed E-state index contributed by atoms with van der Waals surface area (Å²) in [5, 5.41) is 3.00. The van der Waals surface area contributed by atoms with Crippen LogP contribution in [-0.4, -0.2) is 20.1 Å². The fourth-order valence-electron chi connectivity index (χ4n) is 3.16. The average molecular weight is 405 g/mol. The molecule has 3 aromatic carbocycles. The molecule has 0 spiro atoms. The molecular weight excluding hydrogens is 378 g/mol. The number of rotatable bonds is 10. The fourth-order valence-corrected chi connectivity index (χ4v) is 3.16. The van der Waals surface area contributed by atoms with Crippen molar-refractivity contribution in [1.29, 1.82) is 0 Å². The Bertz CT molecular complexity index is 956. The molecular formula is C25H27NO4. The van der Waals surface area contributed by atoms with Gasteiger partial charge in [-0.05, 0) is 34.4 Å². The van der Waals surface area contributed by atoms with Crippen molar-refractivity contribution in [2.45, 2.75) is 26.2 Å². The van der Waals surface area contributed by atoms with Gasteiger partial charge in [0.25, 0.3) is 0 Å². The molecule has 3 rings (SSSR count). The van der Waals surface area contributed by atoms with Gasteiger partial charge in [0.1, 0.15) is 0 Å². The van der Waals surface area contributed by atoms with Crippen LogP contribution >= 0.6 is 0 Å². The van der Waals surface area contributed by atoms with E-state index in [1.54, 1.807) is 20.3 Å². The van der Waals surface area contributed by atoms with Gasteiger partial charge in [0.15, 0.2) is 11.5 Å². The Balaban J connectivity index is 1.53. The highest BCUT2D eigenvalue weighted by atomic mass is 16.5. The molecule has 0 saturated heterocycles. The zero-order chi connectivity index (χ0) is 21.2. The molecule has 30 heavy (non-hydrogen) atoms. The van der Waals surface area contributed by atoms with Crippen molar-refractivity contribution in [2.24, 2.45) is 0 Å². The van der Waals surface area contributed by atoms with Crippen LogP contribution in [0.3, 0.4) is 0 Å². The third-order valence-corrected chi connectivity index (χ3v) is 4.78. The van der Waals surface area contributed by atoms with E-state index in [2.05, 4.69) is 5.32 Å². The molecule has 156 valence electrons. The summed E-state index contributed by atoms with van der Waals surface area (Å²) in [6.45, 7) is 1.51. The van der Waals surface area contributed by atoms with Crippen LogP contribution in [0.2, 0.25) is 0 Å². The maximum absolute atomic E-state index is 12.4. The third-order valence-electron chi connectivity index (χ3n) is 4.78. The SMILES string of the molecule is COc1ccc(CC(=O)NCc2ccccc2COCc2ccccc2)cc1OC. The molecule has 0 radical (unpaired) electrons. The maximum Gasteiger partial charge on any atom is 0.224 e. The first-order valence-corrected chi connectivity index (χ1v) is 9.85. The van der Waals surface area contributed by atoms with Gasteiger partial charge in [0.2, 0.25) is 5.91 Å². The van der Waals surface area contributed by atoms with E-state index in [0.717, 1.165) is 22.3 Å². The molecule has 1 amide bonds. The predicted octanol–water partition coefficient (Wildman–Crippen LogP) is 4.28. The molecule has 0 aliphatic rings. The Morgan fingerprint density at radius 1 is 0.767 bits per heavy atom. The van der Waals surface area contributed by atoms with Gasteiger partial charge >= 0.3 is 0 Å². The van der Waals surface area contributed by atoms with Gasteiger partial charge in [0, 0.05) is 6.54 Å². The van der Waals surface area contributed by atoms with E-state index >= 15 is 0 Å². The second kappa shape index (κ2) is 11.0. The summed E-state index contributed by atoms with van der Waals surface area (Å²) in [6.07, 6.45) is 0.271. The summed E-state index contributed by atoms with van der Waals surface area (Å²) in [4.78, 5) is 12.4. The van der Waals surface area contributed by atoms with Crippen LogP contribution in [0.15, 0.2) is 72.8 Å². The normalized spacial score (nSPS) is 10.5. The first-order chi connectivity index (χ1) is 14.7. The summed E-state index contributed by atoms with van der Waals surface area (Å²) in [7, 11) is 3.17. The molecule has 0 aliphatic carbocycles. The summed E-state index contributed by atoms with van der Waals surface area (Å²) < 4.78 is 16.4. The van der Waals surface area contributed by atoms with Crippen LogP contribution < -0.4 is 14.8 Å². The Labute approximate surface area is 177 Å². The zero-order valence-corrected chi connectivity index (χ0v) is 17.4. The minimum Gasteiger partial charge on any atom is -0.493 e. The minimum atomic E-state index is -0.0535. The quantitative estimate of drug-likeness (QED) is 0.547. The number of ether oxygens (including phenoxy) is 3. The standard InChI is InChI=1S/C25H27NO4/c1-28-23-13-12-20(14-24(23)29-2)15-25(27)26-16-21-10-6-7-11-22(21)18-30-17-19-8-4-3-5-9-19/h3-14H,15-18H2,1-2H3,(H,26,27). The van der Waals surface area contributed by atoms with Crippen molar-refractivity contribution in [3.63, 3.8) is 0 Å². The van der Waals surface area contributed by atoms with E-state index in [9.17, 15) is 4.79 Å². The number of hydrogen-bond acceptors (Lipinski definition) is 4. The van der Waals surface area contributed by atoms with Crippen molar-refractivity contribution in [1.82, 2.24) is 5.32 Å². The molecule has 0 unspecified atom stereocenters. The molecule has 5 heteroatoms. The lowest BCUT2D eigenvalue weighted by atomic mass is 10.1. The van der Waals surface area contributed by atoms with Crippen molar-refractivity contribution >= 4 is 5.91 Å². The van der Waals surface area contributed by atoms with Gasteiger partial charge in [-0.1, -0.05) is 60.7 Å². The number of methoxy groups -OCH3 is 2. The number of amides is 1. The highest BCUT2D eigenvalue weighted by Crippen LogP contribution is 2.27. The molecule has 5 nitrogen and oxygen atoms in total. The summed E-state index contributed by atoms with van der Waals surface area (Å²) in [5.74, 6) is 1.21. The van der Waals surface area contributed by atoms with Crippen LogP contribution in [0.1, 0.15) is 22.3 Å². The molecule has 0 saturated carbocycles. The second-order valence-corrected chi connectivity index (χ2v) is 6.89. The summed E-state index contributed by atoms with van der Waals surface area (Å²) >= 11 is 0. The van der Waals surface area contributed by atoms with E-state index in [4.69, 9.17) is 14.2 Å². The Kier molecular flexibility index (Phi) is 7.86. The number of carbonyl (C=O) groups excluding carboxylic acids is 1. The molecule has 3 aromatic rings. The van der Waals surface area contributed by atoms with Crippen molar-refractivity contribution in [3.05, 3.63) is 95.1 Å². The van der Waals surface area contributed by atoms with E-state index in [-0.39, 0.29) is 12.3 Å². The first-order valence-electron chi connectivity index (χ1n) is 9.85. The Morgan fingerprint density at radius 2 is 1.47 bits per heavy atom. The molecule has 0 fully saturated rings. The Hall–Kier alpha value is -3.31. The molecule has 0 bridgehead atoms. The number of nitrogens with one attached hydrogen (secondary N) is 1. The molecule has 0 aromatic heterocycles. The van der Waals surface area contributed by atoms with Crippen molar-refractivity contribution in [3.8, 4) is 11.5 Å². The maximum atomic E-state index is 12.4. The number of carbonyl (C=O) groups is 1. The van der Waals surface area contributed by atoms with Crippen LogP contribution in [0.5, 0.6) is 11.5 Å². The highest BCUT2D eigenvalue weighted by Gasteiger charge is 2.09. The second-order valence-electron chi connectivity index (χ2n) is 6.89. The van der Waals surface area contributed by atoms with Gasteiger partial charge in [0.05, 0.1) is 33.9 Å². The van der Waals surface area contributed by atoms with Crippen LogP contribution in [0.4, 0.5) is 0 Å². The fraction of sp³-hybridized carbons (Fsp3) is 0.240. The van der Waals surface area contributed by atoms with Gasteiger partial charge < -0.3 is 19.5 Å². The van der Waals surface area contributed by atoms with Crippen LogP contribution in [0.25, 0.3) is 0 Å². The van der Waals surface area contributed by atoms with E-state index in [0.29, 0.717) is 31.3 Å². The smallest absolute Gasteiger partial charge is 0.224 e. The zero-order valence-electron chi connectivity index (χ0n) is 17.4. The van der Waals surface area contributed by atoms with E-state index in [1.165, 1.54) is 0 Å². The summed E-state index contributed by atoms with van der Waals surface area (Å²) in [5.41, 5.74) is 4.12. The molecule has 0 aliphatic heterocycles. The van der Waals surface area contributed by atoms with Gasteiger partial charge in [-0.15, -0.1) is 0 Å². The minimum absolute atomic E-state index is 0.0535. The van der Waals surface area contributed by atoms with Crippen molar-refractivity contribution in [2.75, 3.05) is 14.2 Å². The average Bonchev–Trinajstić information content (AvgIpc) is 2.79. The van der Waals surface area contributed by atoms with Crippen LogP contribution in [0, 0.1) is 0 Å². The molecule has 0 atom stereocenters. The van der Waals surface area contributed by atoms with Gasteiger partial charge in [-0.2, -0.15) is 0 Å². The number of benzene rings is 3. The monoisotopic (exact) mass is 405 g/mol. The van der Waals surface area contributed by atoms with Crippen molar-refractivity contribution < 1.29 is 19.0 Å². The lowest BCUT2D eigenvalue weighted by Gasteiger charge is -2.12. The summed E-state index contributed by atoms with van der Waals surface area (Å²) in [6, 6.07) is 23.6. The highest BCUT2D eigenvalue weighted by molar-refractivity contribution is 5.78. The largest absolute Gasteiger partial charge is 0.493 e. The van der Waals surface area contributed by atoms with Gasteiger partial charge in [-0.3, -0.25) is 4.79 Å². The lowest BCUT2D eigenvalue weighted by Crippen LogP contribution is -2.25. The topological polar surface area (TPSA) is 56.8 Å². The number of hydrogen-bond donors (Lipinski definition) is 1. The lowest BCUT2D eigenvalue weighted by molar-refractivity contribution is -0.120. The Morgan fingerprint density at radius 3 is 2.20 bits per heavy atom. The van der Waals surface area contributed by atoms with Gasteiger partial charge in [-0.25, -0.2) is 0 Å². The van der Waals surface area contributed by atoms with E-state index in [1.807, 2.05) is 66.7 Å². The third kappa shape index (κ3) is 6.09. The molecule has 1 N–H and O–H groups in total. The first kappa shape index (κ1) is 21.4. The van der Waals surface area contributed by atoms with Crippen LogP contribution in [-0.2, 0) is 35.7 Å². The van der Waals surface area contributed by atoms with E-state index < -0.39 is 0 Å². The molecule has 0 heterocycles.